The second-order valence-corrected chi connectivity index (χ2v) is 12.1. The quantitative estimate of drug-likeness (QED) is 0.166. The highest BCUT2D eigenvalue weighted by Crippen LogP contribution is 2.56. The maximum atomic E-state index is 14.2. The molecule has 1 aromatic carbocycles. The third-order valence-electron chi connectivity index (χ3n) is 9.66. The first kappa shape index (κ1) is 28.9. The van der Waals surface area contributed by atoms with Crippen LogP contribution in [0.15, 0.2) is 12.1 Å². The van der Waals surface area contributed by atoms with Crippen molar-refractivity contribution in [3.63, 3.8) is 0 Å². The summed E-state index contributed by atoms with van der Waals surface area (Å²) in [6, 6.07) is 1.19. The Morgan fingerprint density at radius 1 is 1.05 bits per heavy atom. The van der Waals surface area contributed by atoms with Crippen molar-refractivity contribution in [1.82, 2.24) is 4.90 Å². The number of nitrogens with two attached hydrogens (primary N) is 2. The van der Waals surface area contributed by atoms with Crippen LogP contribution >= 0.6 is 0 Å². The molecule has 1 aromatic rings. The number of carbonyl (C=O) groups is 6. The number of aliphatic hydroxyl groups is 1. The fourth-order valence-corrected chi connectivity index (χ4v) is 7.79. The van der Waals surface area contributed by atoms with Crippen molar-refractivity contribution in [2.75, 3.05) is 19.8 Å². The van der Waals surface area contributed by atoms with Gasteiger partial charge in [0.1, 0.15) is 11.9 Å². The number of ether oxygens (including phenoxy) is 1. The molecule has 0 saturated heterocycles. The lowest BCUT2D eigenvalue weighted by Gasteiger charge is -2.56. The number of hydrogen-bond acceptors (Lipinski definition) is 11. The van der Waals surface area contributed by atoms with E-state index in [1.165, 1.54) is 31.1 Å². The summed E-state index contributed by atoms with van der Waals surface area (Å²) in [4.78, 5) is 82.8. The molecule has 0 radical (unpaired) electrons. The Labute approximate surface area is 236 Å². The molecule has 3 unspecified atom stereocenters. The van der Waals surface area contributed by atoms with Gasteiger partial charge in [0.05, 0.1) is 29.4 Å². The average Bonchev–Trinajstić information content (AvgIpc) is 2.91. The van der Waals surface area contributed by atoms with Gasteiger partial charge in [0.2, 0.25) is 5.91 Å². The first-order valence-electron chi connectivity index (χ1n) is 13.9. The molecule has 0 spiro atoms. The number of hydrogen-bond donors (Lipinski definition) is 4. The maximum Gasteiger partial charge on any atom is 0.309 e. The average molecular weight is 570 g/mol. The summed E-state index contributed by atoms with van der Waals surface area (Å²) in [5.41, 5.74) is 8.79. The van der Waals surface area contributed by atoms with Crippen molar-refractivity contribution in [3.05, 3.63) is 23.3 Å². The van der Waals surface area contributed by atoms with Gasteiger partial charge in [-0.1, -0.05) is 26.2 Å². The normalized spacial score (nSPS) is 35.5. The van der Waals surface area contributed by atoms with Gasteiger partial charge in [-0.2, -0.15) is 0 Å². The van der Waals surface area contributed by atoms with Crippen LogP contribution in [0.25, 0.3) is 0 Å². The Hall–Kier alpha value is -3.64. The van der Waals surface area contributed by atoms with Crippen molar-refractivity contribution < 1.29 is 43.7 Å². The van der Waals surface area contributed by atoms with Crippen LogP contribution in [-0.4, -0.2) is 82.0 Å². The maximum absolute atomic E-state index is 14.2. The summed E-state index contributed by atoms with van der Waals surface area (Å²) >= 11 is 0. The van der Waals surface area contributed by atoms with E-state index in [1.54, 1.807) is 6.92 Å². The van der Waals surface area contributed by atoms with Gasteiger partial charge in [-0.25, -0.2) is 0 Å². The summed E-state index contributed by atoms with van der Waals surface area (Å²) in [6.07, 6.45) is 2.21. The first-order chi connectivity index (χ1) is 19.2. The molecule has 1 amide bonds. The number of likely N-dealkylation sites (N-methyl/N-ethyl adjacent to an activating group) is 1. The van der Waals surface area contributed by atoms with Crippen LogP contribution in [0.3, 0.4) is 0 Å². The molecule has 8 atom stereocenters. The van der Waals surface area contributed by atoms with Gasteiger partial charge in [-0.3, -0.25) is 33.7 Å². The third-order valence-corrected chi connectivity index (χ3v) is 9.66. The van der Waals surface area contributed by atoms with Gasteiger partial charge >= 0.3 is 5.97 Å². The van der Waals surface area contributed by atoms with Gasteiger partial charge in [-0.05, 0) is 50.6 Å². The molecule has 41 heavy (non-hydrogen) atoms. The van der Waals surface area contributed by atoms with E-state index in [-0.39, 0.29) is 16.8 Å². The minimum atomic E-state index is -3.05. The highest BCUT2D eigenvalue weighted by Gasteiger charge is 2.74. The number of primary amides is 1. The first-order valence-corrected chi connectivity index (χ1v) is 13.9. The number of fused-ring (bicyclic) bond motifs is 3. The molecular weight excluding hydrogens is 534 g/mol. The van der Waals surface area contributed by atoms with E-state index in [2.05, 4.69) is 0 Å². The summed E-state index contributed by atoms with van der Waals surface area (Å²) in [7, 11) is 2.93. The van der Waals surface area contributed by atoms with Crippen LogP contribution < -0.4 is 11.5 Å². The van der Waals surface area contributed by atoms with Gasteiger partial charge < -0.3 is 26.4 Å². The van der Waals surface area contributed by atoms with E-state index in [9.17, 15) is 39.0 Å². The SMILES string of the molecule is C[C@H]1c2c(N)ccc(O)c2C(=O)C2C(=O)[C@]3(O)C(=O)C(C(N)=O)C(=O)C(N(C)C)[C@@H]3[C@@H](OC(=O)C3CCCCC3)[C@@H]21. The Bertz CT molecular complexity index is 1370. The monoisotopic (exact) mass is 569 g/mol. The number of benzene rings is 1. The van der Waals surface area contributed by atoms with Gasteiger partial charge in [-0.15, -0.1) is 0 Å². The predicted molar refractivity (Wildman–Crippen MR) is 142 cm³/mol. The molecule has 0 aliphatic heterocycles. The van der Waals surface area contributed by atoms with Crippen molar-refractivity contribution >= 4 is 40.7 Å². The molecule has 12 heteroatoms. The molecule has 4 aliphatic rings. The van der Waals surface area contributed by atoms with Crippen LogP contribution in [-0.2, 0) is 28.7 Å². The molecule has 0 aromatic heterocycles. The van der Waals surface area contributed by atoms with E-state index in [4.69, 9.17) is 16.2 Å². The van der Waals surface area contributed by atoms with Crippen molar-refractivity contribution in [3.8, 4) is 5.75 Å². The highest BCUT2D eigenvalue weighted by molar-refractivity contribution is 6.32. The third kappa shape index (κ3) is 4.02. The van der Waals surface area contributed by atoms with E-state index in [0.29, 0.717) is 12.8 Å². The molecule has 3 saturated carbocycles. The molecule has 0 heterocycles. The molecular formula is C29H35N3O9. The van der Waals surface area contributed by atoms with Crippen LogP contribution in [0.1, 0.15) is 60.9 Å². The summed E-state index contributed by atoms with van der Waals surface area (Å²) in [6.45, 7) is 1.65. The zero-order chi connectivity index (χ0) is 30.1. The minimum absolute atomic E-state index is 0.163. The number of anilines is 1. The molecule has 3 fully saturated rings. The van der Waals surface area contributed by atoms with Crippen molar-refractivity contribution in [1.29, 1.82) is 0 Å². The van der Waals surface area contributed by atoms with Crippen LogP contribution in [0.2, 0.25) is 0 Å². The number of carbonyl (C=O) groups excluding carboxylic acids is 6. The minimum Gasteiger partial charge on any atom is -0.507 e. The summed E-state index contributed by atoms with van der Waals surface area (Å²) in [5.74, 6) is -14.8. The lowest BCUT2D eigenvalue weighted by Crippen LogP contribution is -2.78. The number of nitrogens with zero attached hydrogens (tertiary/aromatic N) is 1. The van der Waals surface area contributed by atoms with Crippen LogP contribution in [0, 0.1) is 29.6 Å². The molecule has 12 nitrogen and oxygen atoms in total. The lowest BCUT2D eigenvalue weighted by molar-refractivity contribution is -0.207. The van der Waals surface area contributed by atoms with Crippen molar-refractivity contribution in [2.24, 2.45) is 35.3 Å². The number of phenols is 1. The zero-order valence-electron chi connectivity index (χ0n) is 23.2. The second kappa shape index (κ2) is 10.0. The van der Waals surface area contributed by atoms with E-state index < -0.39 is 94.0 Å². The Morgan fingerprint density at radius 2 is 1.68 bits per heavy atom. The Morgan fingerprint density at radius 3 is 2.27 bits per heavy atom. The van der Waals surface area contributed by atoms with Gasteiger partial charge in [0, 0.05) is 11.6 Å². The van der Waals surface area contributed by atoms with Gasteiger partial charge in [0.25, 0.3) is 0 Å². The number of nitrogen functional groups attached to an aromatic ring is 1. The molecule has 6 N–H and O–H groups in total. The Balaban J connectivity index is 1.75. The smallest absolute Gasteiger partial charge is 0.309 e. The lowest BCUT2D eigenvalue weighted by atomic mass is 9.49. The zero-order valence-corrected chi connectivity index (χ0v) is 23.2. The van der Waals surface area contributed by atoms with E-state index >= 15 is 0 Å². The fraction of sp³-hybridized carbons (Fsp3) is 0.586. The van der Waals surface area contributed by atoms with E-state index in [0.717, 1.165) is 19.3 Å². The number of phenolic OH excluding ortho intramolecular Hbond substituents is 1. The van der Waals surface area contributed by atoms with E-state index in [1.807, 2.05) is 0 Å². The number of amides is 1. The molecule has 4 aliphatic carbocycles. The topological polar surface area (TPSA) is 207 Å². The molecule has 5 rings (SSSR count). The largest absolute Gasteiger partial charge is 0.507 e. The number of Topliss-reactive ketones (excluding diaryl/α,β-unsaturated/α-hetero) is 4. The number of aromatic hydroxyl groups is 1. The molecule has 220 valence electrons. The van der Waals surface area contributed by atoms with Crippen LogP contribution in [0.4, 0.5) is 5.69 Å². The predicted octanol–water partition coefficient (Wildman–Crippen LogP) is 0.112. The second-order valence-electron chi connectivity index (χ2n) is 12.1. The fourth-order valence-electron chi connectivity index (χ4n) is 7.79. The number of rotatable bonds is 4. The standard InChI is InChI=1S/C29H35N3O9/c1-11-15-13(30)9-10-14(33)17(15)22(34)18-16(11)24(41-28(39)12-7-5-4-6-8-12)20-21(32(2)3)23(35)19(27(31)38)26(37)29(20,40)25(18)36/h9-12,16,18-21,24,33,40H,4-8,30H2,1-3H3,(H2,31,38)/t11-,16+,18?,19?,20+,21?,24-,29-/m0/s1. The number of ketones is 4. The van der Waals surface area contributed by atoms with Crippen LogP contribution in [0.5, 0.6) is 5.75 Å². The molecule has 0 bridgehead atoms. The highest BCUT2D eigenvalue weighted by atomic mass is 16.5. The van der Waals surface area contributed by atoms with Gasteiger partial charge in [0.15, 0.2) is 34.7 Å². The summed E-state index contributed by atoms with van der Waals surface area (Å²) < 4.78 is 6.11. The van der Waals surface area contributed by atoms with Crippen molar-refractivity contribution in [2.45, 2.75) is 62.7 Å². The summed E-state index contributed by atoms with van der Waals surface area (Å²) in [5, 5.41) is 22.7. The number of esters is 1. The Kier molecular flexibility index (Phi) is 7.06.